The highest BCUT2D eigenvalue weighted by Gasteiger charge is 2.49. The number of likely N-dealkylation sites (tertiary alicyclic amines) is 1. The van der Waals surface area contributed by atoms with Crippen molar-refractivity contribution in [1.29, 1.82) is 0 Å². The van der Waals surface area contributed by atoms with E-state index in [0.717, 1.165) is 65.1 Å². The average molecular weight is 506 g/mol. The Kier molecular flexibility index (Phi) is 5.40. The molecule has 1 aromatic heterocycles. The molecule has 0 radical (unpaired) electrons. The normalized spacial score (nSPS) is 21.6. The highest BCUT2D eigenvalue weighted by molar-refractivity contribution is 9.10. The Morgan fingerprint density at radius 3 is 2.71 bits per heavy atom. The number of cyclic esters (lactones) is 1. The number of amides is 1. The molecule has 3 aliphatic rings. The molecule has 1 aromatic carbocycles. The molecule has 164 valence electrons. The number of aromatic nitrogens is 1. The molecule has 1 N–H and O–H groups in total. The molecule has 1 spiro atoms. The molecule has 2 fully saturated rings. The van der Waals surface area contributed by atoms with Crippen LogP contribution in [-0.4, -0.2) is 52.4 Å². The van der Waals surface area contributed by atoms with E-state index in [1.807, 2.05) is 17.9 Å². The number of piperidine rings is 1. The zero-order valence-corrected chi connectivity index (χ0v) is 19.7. The molecule has 1 unspecified atom stereocenters. The van der Waals surface area contributed by atoms with Crippen LogP contribution in [0.5, 0.6) is 0 Å². The largest absolute Gasteiger partial charge is 0.457 e. The van der Waals surface area contributed by atoms with Crippen molar-refractivity contribution in [2.24, 2.45) is 5.41 Å². The van der Waals surface area contributed by atoms with Gasteiger partial charge in [-0.3, -0.25) is 4.79 Å². The maximum Gasteiger partial charge on any atom is 0.338 e. The van der Waals surface area contributed by atoms with Crippen molar-refractivity contribution >= 4 is 44.3 Å². The highest BCUT2D eigenvalue weighted by Crippen LogP contribution is 2.45. The number of benzene rings is 1. The van der Waals surface area contributed by atoms with Gasteiger partial charge in [0.15, 0.2) is 0 Å². The molecular weight excluding hydrogens is 482 g/mol. The second-order valence-corrected chi connectivity index (χ2v) is 10.3. The maximum atomic E-state index is 13.2. The van der Waals surface area contributed by atoms with Gasteiger partial charge in [0.2, 0.25) is 5.91 Å². The van der Waals surface area contributed by atoms with Crippen molar-refractivity contribution in [2.45, 2.75) is 38.9 Å². The molecule has 1 amide bonds. The van der Waals surface area contributed by atoms with Crippen LogP contribution in [0.1, 0.15) is 52.4 Å². The number of hydrogen-bond acceptors (Lipinski definition) is 7. The smallest absolute Gasteiger partial charge is 0.338 e. The Labute approximate surface area is 193 Å². The van der Waals surface area contributed by atoms with Crippen LogP contribution in [-0.2, 0) is 16.1 Å². The maximum absolute atomic E-state index is 13.2. The first-order chi connectivity index (χ1) is 14.9. The number of β-amino-alcohol motifs (C(OH)–C–C–N with tert-alkyl or cyclic N) is 1. The molecule has 9 heteroatoms. The first-order valence-corrected chi connectivity index (χ1v) is 12.1. The number of ether oxygens (including phenoxy) is 1. The minimum absolute atomic E-state index is 0.205. The summed E-state index contributed by atoms with van der Waals surface area (Å²) in [5, 5.41) is 11.8. The van der Waals surface area contributed by atoms with Crippen molar-refractivity contribution in [3.8, 4) is 0 Å². The van der Waals surface area contributed by atoms with E-state index < -0.39 is 6.10 Å². The number of halogens is 1. The zero-order chi connectivity index (χ0) is 21.8. The number of aliphatic hydroxyl groups excluding tert-OH is 1. The predicted molar refractivity (Wildman–Crippen MR) is 120 cm³/mol. The van der Waals surface area contributed by atoms with E-state index in [2.05, 4.69) is 25.2 Å². The summed E-state index contributed by atoms with van der Waals surface area (Å²) in [4.78, 5) is 29.1. The fourth-order valence-electron chi connectivity index (χ4n) is 5.11. The van der Waals surface area contributed by atoms with E-state index in [-0.39, 0.29) is 23.9 Å². The lowest BCUT2D eigenvalue weighted by Gasteiger charge is -2.38. The summed E-state index contributed by atoms with van der Waals surface area (Å²) >= 11 is 4.84. The molecule has 0 aliphatic carbocycles. The summed E-state index contributed by atoms with van der Waals surface area (Å²) in [5.41, 5.74) is 2.96. The molecule has 4 heterocycles. The Morgan fingerprint density at radius 1 is 1.26 bits per heavy atom. The minimum atomic E-state index is -0.640. The summed E-state index contributed by atoms with van der Waals surface area (Å²) < 4.78 is 10.2. The average Bonchev–Trinajstić information content (AvgIpc) is 3.43. The Balaban J connectivity index is 1.23. The quantitative estimate of drug-likeness (QED) is 0.640. The number of carbonyl (C=O) groups excluding carboxylic acids is 2. The lowest BCUT2D eigenvalue weighted by atomic mass is 9.77. The van der Waals surface area contributed by atoms with Gasteiger partial charge in [-0.2, -0.15) is 4.37 Å². The van der Waals surface area contributed by atoms with Crippen LogP contribution in [0.25, 0.3) is 0 Å². The van der Waals surface area contributed by atoms with Crippen molar-refractivity contribution in [2.75, 3.05) is 31.1 Å². The molecule has 7 nitrogen and oxygen atoms in total. The first kappa shape index (κ1) is 21.1. The van der Waals surface area contributed by atoms with Crippen molar-refractivity contribution in [1.82, 2.24) is 9.27 Å². The van der Waals surface area contributed by atoms with E-state index >= 15 is 0 Å². The Morgan fingerprint density at radius 2 is 2.00 bits per heavy atom. The molecule has 1 atom stereocenters. The van der Waals surface area contributed by atoms with E-state index in [1.165, 1.54) is 11.5 Å². The van der Waals surface area contributed by atoms with Crippen LogP contribution in [0.4, 0.5) is 5.00 Å². The van der Waals surface area contributed by atoms with Gasteiger partial charge in [-0.15, -0.1) is 0 Å². The third-order valence-corrected chi connectivity index (χ3v) is 8.75. The predicted octanol–water partition coefficient (Wildman–Crippen LogP) is 3.44. The molecular formula is C22H24BrN3O4S. The number of nitrogens with zero attached hydrogens (tertiary/aromatic N) is 3. The van der Waals surface area contributed by atoms with Gasteiger partial charge in [0.25, 0.3) is 0 Å². The molecule has 2 saturated heterocycles. The number of anilines is 1. The third kappa shape index (κ3) is 3.51. The number of esters is 1. The van der Waals surface area contributed by atoms with Gasteiger partial charge in [-0.25, -0.2) is 4.79 Å². The van der Waals surface area contributed by atoms with Crippen molar-refractivity contribution in [3.05, 3.63) is 45.1 Å². The number of rotatable bonds is 4. The minimum Gasteiger partial charge on any atom is -0.457 e. The molecule has 3 aliphatic heterocycles. The Hall–Kier alpha value is -1.81. The van der Waals surface area contributed by atoms with E-state index in [0.29, 0.717) is 12.1 Å². The lowest BCUT2D eigenvalue weighted by Crippen LogP contribution is -2.45. The molecule has 5 rings (SSSR count). The zero-order valence-electron chi connectivity index (χ0n) is 17.3. The third-order valence-electron chi connectivity index (χ3n) is 7.08. The molecule has 0 saturated carbocycles. The summed E-state index contributed by atoms with van der Waals surface area (Å²) in [6, 6.07) is 3.59. The van der Waals surface area contributed by atoms with Crippen LogP contribution >= 0.6 is 27.5 Å². The molecule has 31 heavy (non-hydrogen) atoms. The van der Waals surface area contributed by atoms with E-state index in [9.17, 15) is 14.7 Å². The Bertz CT molecular complexity index is 1050. The highest BCUT2D eigenvalue weighted by atomic mass is 79.9. The van der Waals surface area contributed by atoms with Crippen LogP contribution in [0.15, 0.2) is 22.8 Å². The fraction of sp³-hybridized carbons (Fsp3) is 0.500. The van der Waals surface area contributed by atoms with Gasteiger partial charge in [0.05, 0.1) is 27.8 Å². The van der Waals surface area contributed by atoms with E-state index in [1.54, 1.807) is 12.3 Å². The van der Waals surface area contributed by atoms with Gasteiger partial charge in [0, 0.05) is 18.7 Å². The standard InChI is InChI=1S/C22H24BrN3O4S/c1-13-14(2-3-15-16(13)12-30-20(15)28)18(27)11-25-7-4-22(5-8-25)6-9-26(21(22)29)19-17(23)10-24-31-19/h2-3,10,18,27H,4-9,11-12H2,1H3. The fourth-order valence-corrected chi connectivity index (χ4v) is 6.45. The van der Waals surface area contributed by atoms with Gasteiger partial charge >= 0.3 is 5.97 Å². The number of hydrogen-bond donors (Lipinski definition) is 1. The summed E-state index contributed by atoms with van der Waals surface area (Å²) in [6.45, 7) is 5.04. The van der Waals surface area contributed by atoms with Crippen molar-refractivity contribution in [3.63, 3.8) is 0 Å². The van der Waals surface area contributed by atoms with Crippen molar-refractivity contribution < 1.29 is 19.4 Å². The summed E-state index contributed by atoms with van der Waals surface area (Å²) in [6.07, 6.45) is 3.57. The van der Waals surface area contributed by atoms with Crippen LogP contribution < -0.4 is 4.90 Å². The lowest BCUT2D eigenvalue weighted by molar-refractivity contribution is -0.128. The van der Waals surface area contributed by atoms with Crippen LogP contribution in [0.2, 0.25) is 0 Å². The van der Waals surface area contributed by atoms with Gasteiger partial charge in [0.1, 0.15) is 11.6 Å². The SMILES string of the molecule is Cc1c(C(O)CN2CCC3(CC2)CCN(c2sncc2Br)C3=O)ccc2c1COC2=O. The molecule has 0 bridgehead atoms. The summed E-state index contributed by atoms with van der Waals surface area (Å²) in [7, 11) is 0. The number of carbonyl (C=O) groups is 2. The number of aliphatic hydroxyl groups is 1. The van der Waals surface area contributed by atoms with Crippen LogP contribution in [0.3, 0.4) is 0 Å². The molecule has 2 aromatic rings. The monoisotopic (exact) mass is 505 g/mol. The topological polar surface area (TPSA) is 83.0 Å². The second kappa shape index (κ2) is 7.95. The van der Waals surface area contributed by atoms with Gasteiger partial charge in [-0.1, -0.05) is 6.07 Å². The van der Waals surface area contributed by atoms with Gasteiger partial charge in [-0.05, 0) is 83.9 Å². The first-order valence-electron chi connectivity index (χ1n) is 10.5. The number of fused-ring (bicyclic) bond motifs is 1. The van der Waals surface area contributed by atoms with E-state index in [4.69, 9.17) is 4.74 Å². The van der Waals surface area contributed by atoms with Crippen LogP contribution in [0, 0.1) is 12.3 Å². The summed E-state index contributed by atoms with van der Waals surface area (Å²) in [5.74, 6) is -0.0853. The van der Waals surface area contributed by atoms with Gasteiger partial charge < -0.3 is 19.6 Å². The second-order valence-electron chi connectivity index (χ2n) is 8.66.